The van der Waals surface area contributed by atoms with E-state index >= 15 is 0 Å². The zero-order chi connectivity index (χ0) is 9.80. The largest absolute Gasteiger partial charge is 0.159 e. The number of hydrogen-bond donors (Lipinski definition) is 0. The Labute approximate surface area is 83.6 Å². The van der Waals surface area contributed by atoms with Gasteiger partial charge in [-0.1, -0.05) is 24.3 Å². The highest BCUT2D eigenvalue weighted by molar-refractivity contribution is 5.29. The van der Waals surface area contributed by atoms with E-state index in [1.54, 1.807) is 6.20 Å². The summed E-state index contributed by atoms with van der Waals surface area (Å²) >= 11 is 0. The fourth-order valence-electron chi connectivity index (χ4n) is 1.43. The average Bonchev–Trinajstić information content (AvgIpc) is 2.23. The van der Waals surface area contributed by atoms with Crippen molar-refractivity contribution < 1.29 is 0 Å². The first-order valence-electron chi connectivity index (χ1n) is 4.67. The van der Waals surface area contributed by atoms with Gasteiger partial charge in [-0.3, -0.25) is 0 Å². The Hall–Kier alpha value is -1.70. The van der Waals surface area contributed by atoms with Gasteiger partial charge in [-0.05, 0) is 30.2 Å². The quantitative estimate of drug-likeness (QED) is 0.716. The summed E-state index contributed by atoms with van der Waals surface area (Å²) in [6.45, 7) is 2.12. The molecule has 0 atom stereocenters. The molecule has 1 heterocycles. The van der Waals surface area contributed by atoms with Crippen molar-refractivity contribution in [3.8, 4) is 0 Å². The Kier molecular flexibility index (Phi) is 2.54. The minimum Gasteiger partial charge on any atom is -0.159 e. The van der Waals surface area contributed by atoms with Crippen LogP contribution in [0, 0.1) is 6.92 Å². The third-order valence-electron chi connectivity index (χ3n) is 2.26. The summed E-state index contributed by atoms with van der Waals surface area (Å²) in [4.78, 5) is 0. The number of nitrogens with zero attached hydrogens (tertiary/aromatic N) is 2. The van der Waals surface area contributed by atoms with Gasteiger partial charge < -0.3 is 0 Å². The van der Waals surface area contributed by atoms with E-state index in [1.165, 1.54) is 11.1 Å². The summed E-state index contributed by atoms with van der Waals surface area (Å²) in [6.07, 6.45) is 2.56. The highest BCUT2D eigenvalue weighted by Gasteiger charge is 1.99. The van der Waals surface area contributed by atoms with E-state index < -0.39 is 0 Å². The summed E-state index contributed by atoms with van der Waals surface area (Å²) in [6, 6.07) is 12.3. The molecule has 0 aliphatic carbocycles. The van der Waals surface area contributed by atoms with Crippen molar-refractivity contribution in [2.24, 2.45) is 0 Å². The molecule has 0 bridgehead atoms. The molecule has 0 aliphatic rings. The molecular formula is C12H12N2. The molecule has 2 nitrogen and oxygen atoms in total. The number of benzene rings is 1. The maximum Gasteiger partial charge on any atom is 0.0674 e. The van der Waals surface area contributed by atoms with Crippen LogP contribution in [-0.4, -0.2) is 10.2 Å². The Morgan fingerprint density at radius 1 is 1.07 bits per heavy atom. The molecule has 0 radical (unpaired) electrons. The van der Waals surface area contributed by atoms with Crippen LogP contribution in [0.25, 0.3) is 0 Å². The van der Waals surface area contributed by atoms with Crippen LogP contribution >= 0.6 is 0 Å². The monoisotopic (exact) mass is 184 g/mol. The normalized spacial score (nSPS) is 10.1. The Bertz CT molecular complexity index is 410. The predicted molar refractivity (Wildman–Crippen MR) is 56.0 cm³/mol. The van der Waals surface area contributed by atoms with E-state index in [0.29, 0.717) is 0 Å². The van der Waals surface area contributed by atoms with Crippen molar-refractivity contribution in [2.45, 2.75) is 13.3 Å². The van der Waals surface area contributed by atoms with Gasteiger partial charge in [-0.15, -0.1) is 0 Å². The molecule has 14 heavy (non-hydrogen) atoms. The lowest BCUT2D eigenvalue weighted by atomic mass is 10.0. The molecule has 0 saturated carbocycles. The van der Waals surface area contributed by atoms with Crippen molar-refractivity contribution in [3.63, 3.8) is 0 Å². The lowest BCUT2D eigenvalue weighted by Crippen LogP contribution is -1.95. The molecule has 0 saturated heterocycles. The fourth-order valence-corrected chi connectivity index (χ4v) is 1.43. The van der Waals surface area contributed by atoms with Crippen molar-refractivity contribution in [2.75, 3.05) is 0 Å². The standard InChI is InChI=1S/C12H12N2/c1-10-5-2-3-6-11(10)9-12-7-4-8-13-14-12/h2-8H,9H2,1H3. The highest BCUT2D eigenvalue weighted by Crippen LogP contribution is 2.10. The van der Waals surface area contributed by atoms with Crippen LogP contribution in [0.3, 0.4) is 0 Å². The van der Waals surface area contributed by atoms with Gasteiger partial charge in [0.15, 0.2) is 0 Å². The van der Waals surface area contributed by atoms with Crippen molar-refractivity contribution in [1.29, 1.82) is 0 Å². The van der Waals surface area contributed by atoms with Gasteiger partial charge in [0.25, 0.3) is 0 Å². The Morgan fingerprint density at radius 3 is 2.64 bits per heavy atom. The van der Waals surface area contributed by atoms with Crippen LogP contribution in [0.4, 0.5) is 0 Å². The minimum atomic E-state index is 0.862. The van der Waals surface area contributed by atoms with Crippen molar-refractivity contribution in [1.82, 2.24) is 10.2 Å². The number of aromatic nitrogens is 2. The molecule has 1 aromatic heterocycles. The summed E-state index contributed by atoms with van der Waals surface area (Å²) in [7, 11) is 0. The van der Waals surface area contributed by atoms with Gasteiger partial charge in [-0.2, -0.15) is 10.2 Å². The first kappa shape index (κ1) is 8.88. The predicted octanol–water partition coefficient (Wildman–Crippen LogP) is 2.38. The molecule has 2 heteroatoms. The molecule has 0 aliphatic heterocycles. The minimum absolute atomic E-state index is 0.862. The Balaban J connectivity index is 2.24. The van der Waals surface area contributed by atoms with Crippen LogP contribution in [0.15, 0.2) is 42.6 Å². The Morgan fingerprint density at radius 2 is 1.93 bits per heavy atom. The molecular weight excluding hydrogens is 172 g/mol. The molecule has 0 unspecified atom stereocenters. The van der Waals surface area contributed by atoms with Gasteiger partial charge in [0.1, 0.15) is 0 Å². The molecule has 0 spiro atoms. The summed E-state index contributed by atoms with van der Waals surface area (Å²) < 4.78 is 0. The fraction of sp³-hybridized carbons (Fsp3) is 0.167. The third kappa shape index (κ3) is 1.96. The average molecular weight is 184 g/mol. The topological polar surface area (TPSA) is 25.8 Å². The van der Waals surface area contributed by atoms with Gasteiger partial charge >= 0.3 is 0 Å². The van der Waals surface area contributed by atoms with Crippen LogP contribution in [0.2, 0.25) is 0 Å². The number of hydrogen-bond acceptors (Lipinski definition) is 2. The molecule has 0 amide bonds. The van der Waals surface area contributed by atoms with E-state index in [2.05, 4.69) is 41.4 Å². The number of aryl methyl sites for hydroxylation is 1. The van der Waals surface area contributed by atoms with Crippen LogP contribution in [-0.2, 0) is 6.42 Å². The first-order valence-corrected chi connectivity index (χ1v) is 4.67. The van der Waals surface area contributed by atoms with Crippen molar-refractivity contribution in [3.05, 3.63) is 59.4 Å². The van der Waals surface area contributed by atoms with Crippen molar-refractivity contribution >= 4 is 0 Å². The lowest BCUT2D eigenvalue weighted by molar-refractivity contribution is 0.933. The van der Waals surface area contributed by atoms with Gasteiger partial charge in [0.2, 0.25) is 0 Å². The van der Waals surface area contributed by atoms with E-state index in [9.17, 15) is 0 Å². The smallest absolute Gasteiger partial charge is 0.0674 e. The molecule has 2 aromatic rings. The zero-order valence-corrected chi connectivity index (χ0v) is 8.14. The summed E-state index contributed by atoms with van der Waals surface area (Å²) in [5.41, 5.74) is 3.63. The second kappa shape index (κ2) is 4.01. The van der Waals surface area contributed by atoms with Crippen LogP contribution < -0.4 is 0 Å². The van der Waals surface area contributed by atoms with Crippen LogP contribution in [0.5, 0.6) is 0 Å². The lowest BCUT2D eigenvalue weighted by Gasteiger charge is -2.03. The summed E-state index contributed by atoms with van der Waals surface area (Å²) in [5, 5.41) is 7.93. The maximum atomic E-state index is 4.07. The second-order valence-corrected chi connectivity index (χ2v) is 3.32. The van der Waals surface area contributed by atoms with E-state index in [1.807, 2.05) is 12.1 Å². The highest BCUT2D eigenvalue weighted by atomic mass is 15.1. The summed E-state index contributed by atoms with van der Waals surface area (Å²) in [5.74, 6) is 0. The number of rotatable bonds is 2. The molecule has 70 valence electrons. The van der Waals surface area contributed by atoms with E-state index in [-0.39, 0.29) is 0 Å². The van der Waals surface area contributed by atoms with E-state index in [4.69, 9.17) is 0 Å². The van der Waals surface area contributed by atoms with Gasteiger partial charge in [0, 0.05) is 12.6 Å². The maximum absolute atomic E-state index is 4.07. The van der Waals surface area contributed by atoms with Crippen LogP contribution in [0.1, 0.15) is 16.8 Å². The third-order valence-corrected chi connectivity index (χ3v) is 2.26. The van der Waals surface area contributed by atoms with Gasteiger partial charge in [0.05, 0.1) is 5.69 Å². The van der Waals surface area contributed by atoms with Gasteiger partial charge in [-0.25, -0.2) is 0 Å². The zero-order valence-electron chi connectivity index (χ0n) is 8.14. The second-order valence-electron chi connectivity index (χ2n) is 3.32. The molecule has 0 N–H and O–H groups in total. The van der Waals surface area contributed by atoms with E-state index in [0.717, 1.165) is 12.1 Å². The molecule has 1 aromatic carbocycles. The SMILES string of the molecule is Cc1ccccc1Cc1cccnn1. The first-order chi connectivity index (χ1) is 6.86. The molecule has 2 rings (SSSR count). The molecule has 0 fully saturated rings.